The summed E-state index contributed by atoms with van der Waals surface area (Å²) in [6.45, 7) is 1.60. The second kappa shape index (κ2) is 6.61. The van der Waals surface area contributed by atoms with Crippen LogP contribution >= 0.6 is 15.9 Å². The fourth-order valence-electron chi connectivity index (χ4n) is 2.40. The maximum atomic E-state index is 13.2. The van der Waals surface area contributed by atoms with E-state index < -0.39 is 0 Å². The summed E-state index contributed by atoms with van der Waals surface area (Å²) in [6.07, 6.45) is 2.86. The Balaban J connectivity index is 2.02. The fourth-order valence-corrected chi connectivity index (χ4v) is 2.83. The highest BCUT2D eigenvalue weighted by atomic mass is 79.9. The molecular weight excluding hydrogens is 299 g/mol. The smallest absolute Gasteiger partial charge is 0.137 e. The molecule has 0 aliphatic carbocycles. The number of benzene rings is 1. The van der Waals surface area contributed by atoms with Crippen LogP contribution in [0.25, 0.3) is 0 Å². The first-order valence-electron chi connectivity index (χ1n) is 6.18. The molecule has 0 spiro atoms. The molecule has 0 aromatic heterocycles. The molecule has 1 aliphatic heterocycles. The van der Waals surface area contributed by atoms with Gasteiger partial charge in [-0.1, -0.05) is 6.07 Å². The molecule has 3 nitrogen and oxygen atoms in total. The average Bonchev–Trinajstić information content (AvgIpc) is 2.41. The zero-order valence-corrected chi connectivity index (χ0v) is 11.7. The van der Waals surface area contributed by atoms with Crippen molar-refractivity contribution in [3.8, 4) is 0 Å². The van der Waals surface area contributed by atoms with E-state index in [1.54, 1.807) is 0 Å². The molecule has 0 saturated carbocycles. The molecule has 1 fully saturated rings. The van der Waals surface area contributed by atoms with E-state index in [-0.39, 0.29) is 11.9 Å². The average molecular weight is 317 g/mol. The Hall–Kier alpha value is -0.490. The zero-order valence-electron chi connectivity index (χ0n) is 10.2. The molecule has 18 heavy (non-hydrogen) atoms. The van der Waals surface area contributed by atoms with Gasteiger partial charge in [-0.3, -0.25) is 11.3 Å². The Bertz CT molecular complexity index is 397. The van der Waals surface area contributed by atoms with Gasteiger partial charge in [0.25, 0.3) is 0 Å². The first-order valence-corrected chi connectivity index (χ1v) is 6.98. The lowest BCUT2D eigenvalue weighted by Crippen LogP contribution is -2.44. The number of hydrogen-bond acceptors (Lipinski definition) is 3. The van der Waals surface area contributed by atoms with Crippen molar-refractivity contribution in [3.63, 3.8) is 0 Å². The lowest BCUT2D eigenvalue weighted by Gasteiger charge is -2.30. The first kappa shape index (κ1) is 13.9. The molecule has 1 saturated heterocycles. The van der Waals surface area contributed by atoms with Crippen molar-refractivity contribution in [2.24, 2.45) is 11.8 Å². The van der Waals surface area contributed by atoms with Crippen molar-refractivity contribution >= 4 is 15.9 Å². The van der Waals surface area contributed by atoms with Gasteiger partial charge in [0, 0.05) is 19.3 Å². The number of ether oxygens (including phenoxy) is 1. The topological polar surface area (TPSA) is 47.3 Å². The zero-order chi connectivity index (χ0) is 13.0. The third-order valence-corrected chi connectivity index (χ3v) is 4.10. The fraction of sp³-hybridized carbons (Fsp3) is 0.538. The Morgan fingerprint density at radius 2 is 2.17 bits per heavy atom. The normalized spacial score (nSPS) is 18.8. The summed E-state index contributed by atoms with van der Waals surface area (Å²) in [5.41, 5.74) is 3.97. The molecule has 100 valence electrons. The molecule has 1 atom stereocenters. The quantitative estimate of drug-likeness (QED) is 0.662. The Morgan fingerprint density at radius 1 is 1.44 bits per heavy atom. The number of nitrogens with two attached hydrogens (primary N) is 1. The van der Waals surface area contributed by atoms with Crippen LogP contribution in [-0.4, -0.2) is 19.3 Å². The van der Waals surface area contributed by atoms with Gasteiger partial charge in [-0.25, -0.2) is 4.39 Å². The van der Waals surface area contributed by atoms with Crippen molar-refractivity contribution in [1.29, 1.82) is 0 Å². The Labute approximate surface area is 115 Å². The molecular formula is C13H18BrFN2O. The first-order chi connectivity index (χ1) is 8.70. The molecule has 0 radical (unpaired) electrons. The molecule has 1 aromatic rings. The Kier molecular flexibility index (Phi) is 5.12. The molecule has 1 aliphatic rings. The number of rotatable bonds is 4. The maximum Gasteiger partial charge on any atom is 0.137 e. The monoisotopic (exact) mass is 316 g/mol. The van der Waals surface area contributed by atoms with Gasteiger partial charge in [0.05, 0.1) is 4.47 Å². The molecule has 0 amide bonds. The molecule has 2 rings (SSSR count). The minimum atomic E-state index is -0.234. The van der Waals surface area contributed by atoms with E-state index in [4.69, 9.17) is 10.6 Å². The van der Waals surface area contributed by atoms with Crippen LogP contribution in [0, 0.1) is 11.7 Å². The molecule has 1 heterocycles. The van der Waals surface area contributed by atoms with Crippen LogP contribution in [0.15, 0.2) is 22.7 Å². The maximum absolute atomic E-state index is 13.2. The highest BCUT2D eigenvalue weighted by Crippen LogP contribution is 2.23. The van der Waals surface area contributed by atoms with Crippen molar-refractivity contribution < 1.29 is 9.13 Å². The summed E-state index contributed by atoms with van der Waals surface area (Å²) in [5.74, 6) is 5.93. The van der Waals surface area contributed by atoms with Crippen LogP contribution in [-0.2, 0) is 11.2 Å². The van der Waals surface area contributed by atoms with Crippen LogP contribution in [0.1, 0.15) is 18.4 Å². The third kappa shape index (κ3) is 3.51. The van der Waals surface area contributed by atoms with Gasteiger partial charge in [-0.2, -0.15) is 0 Å². The van der Waals surface area contributed by atoms with Gasteiger partial charge < -0.3 is 4.74 Å². The number of halogens is 2. The third-order valence-electron chi connectivity index (χ3n) is 3.49. The van der Waals surface area contributed by atoms with Gasteiger partial charge >= 0.3 is 0 Å². The van der Waals surface area contributed by atoms with Gasteiger partial charge in [-0.05, 0) is 58.8 Å². The standard InChI is InChI=1S/C13H18BrFN2O/c14-11-7-9(1-2-12(11)15)8-13(17-16)10-3-5-18-6-4-10/h1-2,7,10,13,17H,3-6,8,16H2. The van der Waals surface area contributed by atoms with Gasteiger partial charge in [0.1, 0.15) is 5.82 Å². The second-order valence-electron chi connectivity index (χ2n) is 4.68. The van der Waals surface area contributed by atoms with E-state index in [9.17, 15) is 4.39 Å². The van der Waals surface area contributed by atoms with Crippen molar-refractivity contribution in [1.82, 2.24) is 5.43 Å². The molecule has 0 bridgehead atoms. The lowest BCUT2D eigenvalue weighted by atomic mass is 9.88. The predicted molar refractivity (Wildman–Crippen MR) is 72.5 cm³/mol. The van der Waals surface area contributed by atoms with Crippen molar-refractivity contribution in [3.05, 3.63) is 34.1 Å². The second-order valence-corrected chi connectivity index (χ2v) is 5.53. The largest absolute Gasteiger partial charge is 0.381 e. The molecule has 5 heteroatoms. The molecule has 3 N–H and O–H groups in total. The summed E-state index contributed by atoms with van der Waals surface area (Å²) in [6, 6.07) is 5.32. The SMILES string of the molecule is NNC(Cc1ccc(F)c(Br)c1)C1CCOCC1. The minimum Gasteiger partial charge on any atom is -0.381 e. The number of hydrogen-bond donors (Lipinski definition) is 2. The van der Waals surface area contributed by atoms with E-state index in [2.05, 4.69) is 21.4 Å². The van der Waals surface area contributed by atoms with E-state index >= 15 is 0 Å². The highest BCUT2D eigenvalue weighted by molar-refractivity contribution is 9.10. The lowest BCUT2D eigenvalue weighted by molar-refractivity contribution is 0.0538. The number of hydrazine groups is 1. The highest BCUT2D eigenvalue weighted by Gasteiger charge is 2.23. The van der Waals surface area contributed by atoms with Crippen molar-refractivity contribution in [2.75, 3.05) is 13.2 Å². The Morgan fingerprint density at radius 3 is 2.78 bits per heavy atom. The molecule has 1 unspecified atom stereocenters. The van der Waals surface area contributed by atoms with Crippen LogP contribution in [0.2, 0.25) is 0 Å². The van der Waals surface area contributed by atoms with Gasteiger partial charge in [0.15, 0.2) is 0 Å². The van der Waals surface area contributed by atoms with Crippen molar-refractivity contribution in [2.45, 2.75) is 25.3 Å². The van der Waals surface area contributed by atoms with E-state index in [1.165, 1.54) is 6.07 Å². The van der Waals surface area contributed by atoms with Crippen LogP contribution in [0.5, 0.6) is 0 Å². The molecule has 1 aromatic carbocycles. The van der Waals surface area contributed by atoms with Crippen LogP contribution < -0.4 is 11.3 Å². The van der Waals surface area contributed by atoms with Gasteiger partial charge in [-0.15, -0.1) is 0 Å². The summed E-state index contributed by atoms with van der Waals surface area (Å²) < 4.78 is 19.0. The number of nitrogens with one attached hydrogen (secondary N) is 1. The minimum absolute atomic E-state index is 0.214. The van der Waals surface area contributed by atoms with E-state index in [0.29, 0.717) is 10.4 Å². The van der Waals surface area contributed by atoms with Crippen LogP contribution in [0.3, 0.4) is 0 Å². The summed E-state index contributed by atoms with van der Waals surface area (Å²) >= 11 is 3.21. The van der Waals surface area contributed by atoms with Crippen LogP contribution in [0.4, 0.5) is 4.39 Å². The van der Waals surface area contributed by atoms with E-state index in [0.717, 1.165) is 38.0 Å². The summed E-state index contributed by atoms with van der Waals surface area (Å²) in [4.78, 5) is 0. The van der Waals surface area contributed by atoms with Gasteiger partial charge in [0.2, 0.25) is 0 Å². The van der Waals surface area contributed by atoms with E-state index in [1.807, 2.05) is 12.1 Å². The predicted octanol–water partition coefficient (Wildman–Crippen LogP) is 2.39. The summed E-state index contributed by atoms with van der Waals surface area (Å²) in [7, 11) is 0. The summed E-state index contributed by atoms with van der Waals surface area (Å²) in [5, 5.41) is 0.